The summed E-state index contributed by atoms with van der Waals surface area (Å²) in [6, 6.07) is -3.82. The molecule has 2 saturated heterocycles. The van der Waals surface area contributed by atoms with Gasteiger partial charge in [0.15, 0.2) is 5.78 Å². The molecule has 11 atom stereocenters. The Morgan fingerprint density at radius 2 is 1.57 bits per heavy atom. The molecule has 430 valence electrons. The summed E-state index contributed by atoms with van der Waals surface area (Å²) in [6.45, 7) is 2.25. The highest BCUT2D eigenvalue weighted by Gasteiger charge is 2.44. The number of primary amides is 1. The minimum Gasteiger partial charge on any atom is -0.494 e. The summed E-state index contributed by atoms with van der Waals surface area (Å²) in [6.07, 6.45) is -0.835. The van der Waals surface area contributed by atoms with Crippen LogP contribution in [0.15, 0.2) is 23.2 Å². The molecule has 79 heavy (non-hydrogen) atoms. The highest BCUT2D eigenvalue weighted by Crippen LogP contribution is 2.34. The number of carbonyl (C=O) groups excluding carboxylic acids is 11. The van der Waals surface area contributed by atoms with Gasteiger partial charge in [0.2, 0.25) is 74.2 Å². The molecule has 0 aliphatic carbocycles. The first-order chi connectivity index (χ1) is 37.6. The number of nitrogens with two attached hydrogens (primary N) is 1. The van der Waals surface area contributed by atoms with E-state index < -0.39 is 153 Å². The van der Waals surface area contributed by atoms with Gasteiger partial charge in [-0.25, -0.2) is 0 Å². The summed E-state index contributed by atoms with van der Waals surface area (Å²) < 4.78 is 6.13. The third-order valence-electron chi connectivity index (χ3n) is 14.5. The smallest absolute Gasteiger partial charge is 0.246 e. The van der Waals surface area contributed by atoms with Crippen LogP contribution < -0.4 is 47.7 Å². The number of aromatic amines is 1. The van der Waals surface area contributed by atoms with E-state index in [0.29, 0.717) is 59.7 Å². The number of aliphatic hydroxyl groups is 3. The summed E-state index contributed by atoms with van der Waals surface area (Å²) in [5.74, 6) is -9.85. The number of H-pyrrole nitrogens is 1. The van der Waals surface area contributed by atoms with Crippen LogP contribution in [-0.2, 0) is 59.2 Å². The van der Waals surface area contributed by atoms with E-state index in [4.69, 9.17) is 10.5 Å². The van der Waals surface area contributed by atoms with E-state index in [1.807, 2.05) is 0 Å². The number of Topliss-reactive ketones (excluding diaryl/α,β-unsaturated/α-hetero) is 1. The van der Waals surface area contributed by atoms with Gasteiger partial charge in [-0.2, -0.15) is 0 Å². The topological polar surface area (TPSA) is 390 Å². The number of hydrogen-bond donors (Lipinski definition) is 12. The number of imide groups is 1. The number of thioether (sulfide) groups is 1. The molecule has 0 spiro atoms. The SMILES string of the molecule is CC[C@H](C)[C@@H]1NC(=O)CNC(=O)[C@H]2Cc3c([nH]c4cc(OCCCCCCN5C(=O)CC([S][Al])C5=O)ccc34)SC[C@H](NC(=O)CNC1=O)C(=O)NC(CC(N)=O)C(=O)N1C[C@H](O)C[C@@H]1C(=O)CN[C@@H]([C@@H](C)[C@@H](O)CO)C(=O)N2. The number of ether oxygens (including phenoxy) is 1. The van der Waals surface area contributed by atoms with Crippen molar-refractivity contribution >= 4 is 113 Å². The second kappa shape index (κ2) is 29.1. The third kappa shape index (κ3) is 16.4. The standard InChI is InChI=1S/C50H71N11O15S2.Al/c1-4-24(2)42-46(72)54-19-39(67)55-33-23-78-48-29(28-10-9-27(14-30(28)58-48)76-12-8-6-5-7-11-60-41(69)17-37(77)50(60)75)15-31(44(70)53-20-40(68)59-42)56-47(73)43(25(3)36(65)22-62)52-18-35(64)34-13-26(63)21-61(34)49(74)32(16-38(51)66)57-45(33)71;/h9-10,14,24-26,31-34,36-37,42-43,52,58,62-63,65,77H,4-8,11-13,15-23H2,1-3H3,(H2,51,66)(H,53,70)(H,54,72)(H,55,67)(H,56,73)(H,57,71)(H,59,68);/q;+1/p-1/t24-,25-,26+,31+,32?,33-,34+,36-,37?,42-,43-;/m0./s1. The van der Waals surface area contributed by atoms with Gasteiger partial charge >= 0.3 is 0 Å². The van der Waals surface area contributed by atoms with Crippen LogP contribution in [0.25, 0.3) is 10.9 Å². The number of carbonyl (C=O) groups is 11. The monoisotopic (exact) mass is 1160 g/mol. The van der Waals surface area contributed by atoms with Crippen LogP contribution in [0.2, 0.25) is 0 Å². The molecular weight excluding hydrogens is 1090 g/mol. The maximum absolute atomic E-state index is 14.6. The van der Waals surface area contributed by atoms with Crippen LogP contribution in [0.5, 0.6) is 5.75 Å². The molecule has 2 aromatic rings. The molecule has 10 amide bonds. The van der Waals surface area contributed by atoms with Crippen LogP contribution >= 0.6 is 21.9 Å². The second-order valence-corrected chi connectivity index (χ2v) is 22.9. The Kier molecular flexibility index (Phi) is 23.0. The minimum absolute atomic E-state index is 0.179. The Balaban J connectivity index is 1.39. The zero-order valence-electron chi connectivity index (χ0n) is 44.2. The van der Waals surface area contributed by atoms with Crippen LogP contribution in [0.4, 0.5) is 0 Å². The van der Waals surface area contributed by atoms with E-state index in [0.717, 1.165) is 29.5 Å². The van der Waals surface area contributed by atoms with E-state index in [9.17, 15) is 68.1 Å². The molecule has 0 saturated carbocycles. The van der Waals surface area contributed by atoms with Crippen molar-refractivity contribution in [2.24, 2.45) is 17.6 Å². The lowest BCUT2D eigenvalue weighted by Gasteiger charge is -2.31. The predicted octanol–water partition coefficient (Wildman–Crippen LogP) is -3.72. The molecule has 5 heterocycles. The summed E-state index contributed by atoms with van der Waals surface area (Å²) in [7, 11) is 1.28. The lowest BCUT2D eigenvalue weighted by atomic mass is 9.94. The molecule has 2 unspecified atom stereocenters. The second-order valence-electron chi connectivity index (χ2n) is 20.2. The molecular formula is C50H70AlN11O15S2. The van der Waals surface area contributed by atoms with Crippen molar-refractivity contribution in [3.8, 4) is 5.75 Å². The number of nitrogens with one attached hydrogen (secondary N) is 8. The highest BCUT2D eigenvalue weighted by atomic mass is 32.3. The van der Waals surface area contributed by atoms with Gasteiger partial charge in [0.05, 0.1) is 79.4 Å². The largest absolute Gasteiger partial charge is 0.494 e. The summed E-state index contributed by atoms with van der Waals surface area (Å²) >= 11 is 3.42. The maximum atomic E-state index is 14.6. The first-order valence-corrected chi connectivity index (χ1v) is 29.6. The minimum atomic E-state index is -1.73. The molecule has 29 heteroatoms. The number of likely N-dealkylation sites (tertiary alicyclic amines) is 1. The molecule has 4 aliphatic heterocycles. The summed E-state index contributed by atoms with van der Waals surface area (Å²) in [5.41, 5.74) is 6.45. The number of benzene rings is 1. The first kappa shape index (κ1) is 62.4. The molecule has 13 N–H and O–H groups in total. The number of amides is 10. The molecule has 6 rings (SSSR count). The van der Waals surface area contributed by atoms with Crippen molar-refractivity contribution in [1.82, 2.24) is 52.0 Å². The Bertz CT molecular complexity index is 2630. The van der Waals surface area contributed by atoms with Gasteiger partial charge in [-0.15, -0.1) is 11.8 Å². The van der Waals surface area contributed by atoms with Crippen molar-refractivity contribution in [3.05, 3.63) is 23.8 Å². The fourth-order valence-corrected chi connectivity index (χ4v) is 12.0. The number of rotatable bonds is 16. The van der Waals surface area contributed by atoms with Gasteiger partial charge in [0.25, 0.3) is 0 Å². The van der Waals surface area contributed by atoms with Crippen molar-refractivity contribution < 1.29 is 72.8 Å². The quantitative estimate of drug-likeness (QED) is 0.0437. The van der Waals surface area contributed by atoms with Gasteiger partial charge < -0.3 is 67.6 Å². The van der Waals surface area contributed by atoms with Gasteiger partial charge in [-0.3, -0.25) is 73.1 Å². The van der Waals surface area contributed by atoms with E-state index in [1.54, 1.807) is 32.0 Å². The van der Waals surface area contributed by atoms with Crippen molar-refractivity contribution in [1.29, 1.82) is 0 Å². The number of hydrogen-bond acceptors (Lipinski definition) is 18. The summed E-state index contributed by atoms with van der Waals surface area (Å²) in [5, 5.41) is 50.4. The molecule has 1 aromatic heterocycles. The number of ketones is 1. The van der Waals surface area contributed by atoms with E-state index in [2.05, 4.69) is 57.4 Å². The molecule has 2 radical (unpaired) electrons. The van der Waals surface area contributed by atoms with Crippen LogP contribution in [-0.4, -0.2) is 216 Å². The predicted molar refractivity (Wildman–Crippen MR) is 287 cm³/mol. The van der Waals surface area contributed by atoms with Crippen molar-refractivity contribution in [2.45, 2.75) is 137 Å². The number of aliphatic hydroxyl groups excluding tert-OH is 3. The molecule has 2 bridgehead atoms. The molecule has 26 nitrogen and oxygen atoms in total. The number of aromatic nitrogens is 1. The van der Waals surface area contributed by atoms with Gasteiger partial charge in [0.1, 0.15) is 29.9 Å². The van der Waals surface area contributed by atoms with Gasteiger partial charge in [0, 0.05) is 55.5 Å². The lowest BCUT2D eigenvalue weighted by Crippen LogP contribution is -2.59. The van der Waals surface area contributed by atoms with Crippen LogP contribution in [0.3, 0.4) is 0 Å². The Hall–Kier alpha value is -5.80. The number of fused-ring (bicyclic) bond motifs is 5. The zero-order chi connectivity index (χ0) is 57.7. The summed E-state index contributed by atoms with van der Waals surface area (Å²) in [4.78, 5) is 156. The molecule has 2 fully saturated rings. The Morgan fingerprint density at radius 3 is 2.25 bits per heavy atom. The number of nitrogens with zero attached hydrogens (tertiary/aromatic N) is 2. The zero-order valence-corrected chi connectivity index (χ0v) is 47.0. The maximum Gasteiger partial charge on any atom is 0.246 e. The first-order valence-electron chi connectivity index (χ1n) is 26.3. The third-order valence-corrected chi connectivity index (χ3v) is 17.4. The highest BCUT2D eigenvalue weighted by molar-refractivity contribution is 8.20. The van der Waals surface area contributed by atoms with Crippen LogP contribution in [0, 0.1) is 11.8 Å². The fourth-order valence-electron chi connectivity index (χ4n) is 9.77. The fraction of sp³-hybridized carbons (Fsp3) is 0.620. The van der Waals surface area contributed by atoms with Gasteiger partial charge in [-0.1, -0.05) is 40.0 Å². The average molecular weight is 1160 g/mol. The Labute approximate surface area is 471 Å². The molecule has 1 aromatic carbocycles. The Morgan fingerprint density at radius 1 is 0.861 bits per heavy atom. The van der Waals surface area contributed by atoms with E-state index >= 15 is 0 Å². The van der Waals surface area contributed by atoms with E-state index in [-0.39, 0.29) is 42.1 Å². The van der Waals surface area contributed by atoms with Gasteiger partial charge in [-0.05, 0) is 36.5 Å². The van der Waals surface area contributed by atoms with Crippen LogP contribution in [0.1, 0.15) is 77.7 Å². The lowest BCUT2D eigenvalue weighted by molar-refractivity contribution is -0.142. The normalized spacial score (nSPS) is 26.7. The number of unbranched alkanes of at least 4 members (excludes halogenated alkanes) is 3. The van der Waals surface area contributed by atoms with Crippen molar-refractivity contribution in [2.75, 3.05) is 51.7 Å². The van der Waals surface area contributed by atoms with Crippen molar-refractivity contribution in [3.63, 3.8) is 0 Å². The average Bonchev–Trinajstić information content (AvgIpc) is 4.13. The van der Waals surface area contributed by atoms with E-state index in [1.165, 1.54) is 22.0 Å². The molecule has 4 aliphatic rings.